The van der Waals surface area contributed by atoms with Gasteiger partial charge in [0.1, 0.15) is 0 Å². The van der Waals surface area contributed by atoms with E-state index in [2.05, 4.69) is 20.5 Å². The second kappa shape index (κ2) is 5.86. The van der Waals surface area contributed by atoms with Gasteiger partial charge in [0, 0.05) is 36.3 Å². The van der Waals surface area contributed by atoms with E-state index in [1.807, 2.05) is 50.4 Å². The molecule has 0 spiro atoms. The summed E-state index contributed by atoms with van der Waals surface area (Å²) in [6.45, 7) is 1.99. The van der Waals surface area contributed by atoms with E-state index < -0.39 is 0 Å². The molecule has 3 heterocycles. The van der Waals surface area contributed by atoms with Gasteiger partial charge in [-0.2, -0.15) is 10.2 Å². The number of para-hydroxylation sites is 1. The van der Waals surface area contributed by atoms with Crippen molar-refractivity contribution < 1.29 is 4.79 Å². The monoisotopic (exact) mass is 332 g/mol. The lowest BCUT2D eigenvalue weighted by atomic mass is 10.2. The van der Waals surface area contributed by atoms with Gasteiger partial charge in [0.25, 0.3) is 5.91 Å². The normalized spacial score (nSPS) is 11.0. The number of carbonyl (C=O) groups is 1. The molecule has 3 aromatic heterocycles. The molecule has 4 rings (SSSR count). The zero-order chi connectivity index (χ0) is 17.4. The van der Waals surface area contributed by atoms with Gasteiger partial charge >= 0.3 is 0 Å². The van der Waals surface area contributed by atoms with Gasteiger partial charge in [0.2, 0.25) is 0 Å². The van der Waals surface area contributed by atoms with Crippen LogP contribution in [0.15, 0.2) is 54.9 Å². The van der Waals surface area contributed by atoms with Gasteiger partial charge in [0.05, 0.1) is 11.9 Å². The number of nitrogens with one attached hydrogen (secondary N) is 1. The molecule has 0 saturated carbocycles. The molecule has 7 heteroatoms. The Balaban J connectivity index is 1.74. The Labute approximate surface area is 143 Å². The van der Waals surface area contributed by atoms with E-state index >= 15 is 0 Å². The number of anilines is 1. The first-order chi connectivity index (χ1) is 12.1. The lowest BCUT2D eigenvalue weighted by Crippen LogP contribution is -2.12. The number of amides is 1. The van der Waals surface area contributed by atoms with Crippen molar-refractivity contribution in [3.8, 4) is 11.3 Å². The Kier molecular flexibility index (Phi) is 3.53. The number of aromatic nitrogens is 5. The fraction of sp³-hybridized carbons (Fsp3) is 0.111. The second-order valence-corrected chi connectivity index (χ2v) is 5.72. The summed E-state index contributed by atoms with van der Waals surface area (Å²) in [7, 11) is 1.89. The maximum Gasteiger partial charge on any atom is 0.276 e. The van der Waals surface area contributed by atoms with Gasteiger partial charge < -0.3 is 5.32 Å². The van der Waals surface area contributed by atoms with Gasteiger partial charge in [-0.15, -0.1) is 0 Å². The van der Waals surface area contributed by atoms with Crippen molar-refractivity contribution in [2.24, 2.45) is 7.05 Å². The number of hydrogen-bond donors (Lipinski definition) is 1. The molecule has 0 saturated heterocycles. The molecule has 25 heavy (non-hydrogen) atoms. The summed E-state index contributed by atoms with van der Waals surface area (Å²) >= 11 is 0. The number of aryl methyl sites for hydroxylation is 1. The number of hydrogen-bond acceptors (Lipinski definition) is 4. The molecule has 0 aliphatic heterocycles. The Morgan fingerprint density at radius 3 is 2.68 bits per heavy atom. The van der Waals surface area contributed by atoms with Crippen molar-refractivity contribution in [2.45, 2.75) is 6.92 Å². The fourth-order valence-electron chi connectivity index (χ4n) is 2.68. The van der Waals surface area contributed by atoms with Crippen molar-refractivity contribution in [1.29, 1.82) is 0 Å². The highest BCUT2D eigenvalue weighted by molar-refractivity contribution is 6.03. The zero-order valence-electron chi connectivity index (χ0n) is 13.8. The number of fused-ring (bicyclic) bond motifs is 1. The third kappa shape index (κ3) is 2.65. The number of nitrogens with zero attached hydrogens (tertiary/aromatic N) is 5. The highest BCUT2D eigenvalue weighted by Crippen LogP contribution is 2.23. The Hall–Kier alpha value is -3.48. The van der Waals surface area contributed by atoms with Crippen LogP contribution in [0.1, 0.15) is 16.2 Å². The van der Waals surface area contributed by atoms with Crippen LogP contribution in [0.25, 0.3) is 16.9 Å². The predicted octanol–water partition coefficient (Wildman–Crippen LogP) is 2.69. The van der Waals surface area contributed by atoms with E-state index in [1.165, 1.54) is 0 Å². The minimum Gasteiger partial charge on any atom is -0.321 e. The van der Waals surface area contributed by atoms with Crippen LogP contribution in [0.3, 0.4) is 0 Å². The van der Waals surface area contributed by atoms with Crippen molar-refractivity contribution in [3.63, 3.8) is 0 Å². The summed E-state index contributed by atoms with van der Waals surface area (Å²) in [4.78, 5) is 16.8. The van der Waals surface area contributed by atoms with Crippen LogP contribution in [-0.4, -0.2) is 30.3 Å². The average Bonchev–Trinajstić information content (AvgIpc) is 3.20. The Bertz CT molecular complexity index is 1060. The van der Waals surface area contributed by atoms with E-state index in [4.69, 9.17) is 0 Å². The largest absolute Gasteiger partial charge is 0.321 e. The first-order valence-corrected chi connectivity index (χ1v) is 7.83. The minimum absolute atomic E-state index is 0.273. The molecule has 0 fully saturated rings. The van der Waals surface area contributed by atoms with Gasteiger partial charge in [-0.1, -0.05) is 18.2 Å². The third-order valence-electron chi connectivity index (χ3n) is 4.13. The molecule has 7 nitrogen and oxygen atoms in total. The maximum atomic E-state index is 12.5. The van der Waals surface area contributed by atoms with Crippen LogP contribution in [0.5, 0.6) is 0 Å². The van der Waals surface area contributed by atoms with Crippen molar-refractivity contribution in [3.05, 3.63) is 66.2 Å². The van der Waals surface area contributed by atoms with Gasteiger partial charge in [-0.3, -0.25) is 9.48 Å². The fourth-order valence-corrected chi connectivity index (χ4v) is 2.68. The van der Waals surface area contributed by atoms with Crippen molar-refractivity contribution in [2.75, 3.05) is 5.32 Å². The Morgan fingerprint density at radius 2 is 1.96 bits per heavy atom. The molecule has 1 N–H and O–H groups in total. The smallest absolute Gasteiger partial charge is 0.276 e. The molecule has 124 valence electrons. The highest BCUT2D eigenvalue weighted by Gasteiger charge is 2.16. The standard InChI is InChI=1S/C18H16N6O/c1-12-14(11-20-23(12)2)16-8-9-19-17-10-15(22-24(16)17)18(25)21-13-6-4-3-5-7-13/h3-11H,1-2H3,(H,21,25). The average molecular weight is 332 g/mol. The SMILES string of the molecule is Cc1c(-c2ccnc3cc(C(=O)Nc4ccccc4)nn23)cnn1C. The molecule has 0 atom stereocenters. The number of rotatable bonds is 3. The van der Waals surface area contributed by atoms with Crippen LogP contribution >= 0.6 is 0 Å². The third-order valence-corrected chi connectivity index (χ3v) is 4.13. The van der Waals surface area contributed by atoms with E-state index in [9.17, 15) is 4.79 Å². The van der Waals surface area contributed by atoms with Gasteiger partial charge in [-0.05, 0) is 25.1 Å². The van der Waals surface area contributed by atoms with Crippen LogP contribution in [0.2, 0.25) is 0 Å². The maximum absolute atomic E-state index is 12.5. The van der Waals surface area contributed by atoms with Crippen LogP contribution in [-0.2, 0) is 7.05 Å². The molecule has 4 aromatic rings. The van der Waals surface area contributed by atoms with Gasteiger partial charge in [0.15, 0.2) is 11.3 Å². The molecule has 0 bridgehead atoms. The topological polar surface area (TPSA) is 77.1 Å². The highest BCUT2D eigenvalue weighted by atomic mass is 16.1. The number of benzene rings is 1. The summed E-state index contributed by atoms with van der Waals surface area (Å²) in [6, 6.07) is 12.8. The van der Waals surface area contributed by atoms with Gasteiger partial charge in [-0.25, -0.2) is 9.50 Å². The van der Waals surface area contributed by atoms with Crippen LogP contribution < -0.4 is 5.32 Å². The zero-order valence-corrected chi connectivity index (χ0v) is 13.8. The van der Waals surface area contributed by atoms with E-state index in [0.29, 0.717) is 11.3 Å². The molecular formula is C18H16N6O. The molecule has 0 radical (unpaired) electrons. The predicted molar refractivity (Wildman–Crippen MR) is 94.3 cm³/mol. The summed E-state index contributed by atoms with van der Waals surface area (Å²) in [5.41, 5.74) is 4.45. The van der Waals surface area contributed by atoms with Crippen LogP contribution in [0.4, 0.5) is 5.69 Å². The van der Waals surface area contributed by atoms with Crippen LogP contribution in [0, 0.1) is 6.92 Å². The summed E-state index contributed by atoms with van der Waals surface area (Å²) in [6.07, 6.45) is 3.49. The van der Waals surface area contributed by atoms with Crippen molar-refractivity contribution >= 4 is 17.2 Å². The molecule has 0 unspecified atom stereocenters. The lowest BCUT2D eigenvalue weighted by molar-refractivity contribution is 0.102. The lowest BCUT2D eigenvalue weighted by Gasteiger charge is -2.04. The molecule has 1 aromatic carbocycles. The summed E-state index contributed by atoms with van der Waals surface area (Å²) in [5, 5.41) is 11.5. The quantitative estimate of drug-likeness (QED) is 0.626. The minimum atomic E-state index is -0.273. The Morgan fingerprint density at radius 1 is 1.16 bits per heavy atom. The number of carbonyl (C=O) groups excluding carboxylic acids is 1. The first-order valence-electron chi connectivity index (χ1n) is 7.83. The molecular weight excluding hydrogens is 316 g/mol. The van der Waals surface area contributed by atoms with E-state index in [1.54, 1.807) is 27.7 Å². The second-order valence-electron chi connectivity index (χ2n) is 5.72. The molecule has 0 aliphatic rings. The summed E-state index contributed by atoms with van der Waals surface area (Å²) in [5.74, 6) is -0.273. The van der Waals surface area contributed by atoms with Crippen molar-refractivity contribution in [1.82, 2.24) is 24.4 Å². The molecule has 0 aliphatic carbocycles. The molecule has 1 amide bonds. The first kappa shape index (κ1) is 15.1. The van der Waals surface area contributed by atoms with E-state index in [0.717, 1.165) is 22.6 Å². The summed E-state index contributed by atoms with van der Waals surface area (Å²) < 4.78 is 3.47. The van der Waals surface area contributed by atoms with E-state index in [-0.39, 0.29) is 5.91 Å².